The van der Waals surface area contributed by atoms with Gasteiger partial charge >= 0.3 is 0 Å². The maximum Gasteiger partial charge on any atom is 0.273 e. The van der Waals surface area contributed by atoms with Gasteiger partial charge in [-0.15, -0.1) is 11.3 Å². The fraction of sp³-hybridized carbons (Fsp3) is 0.333. The minimum absolute atomic E-state index is 0.0257. The Morgan fingerprint density at radius 3 is 2.84 bits per heavy atom. The third kappa shape index (κ3) is 3.97. The number of likely N-dealkylation sites (tertiary alicyclic amines) is 1. The number of amides is 1. The molecule has 4 aromatic rings. The molecule has 158 valence electrons. The molecule has 1 aliphatic heterocycles. The fourth-order valence-electron chi connectivity index (χ4n) is 4.37. The quantitative estimate of drug-likeness (QED) is 0.482. The smallest absolute Gasteiger partial charge is 0.273 e. The number of aryl methyl sites for hydroxylation is 2. The molecule has 7 heteroatoms. The lowest BCUT2D eigenvalue weighted by molar-refractivity contribution is 0.0700. The molecule has 4 heterocycles. The van der Waals surface area contributed by atoms with E-state index in [2.05, 4.69) is 34.3 Å². The third-order valence-electron chi connectivity index (χ3n) is 5.99. The Balaban J connectivity index is 1.31. The lowest BCUT2D eigenvalue weighted by Gasteiger charge is -2.32. The Kier molecular flexibility index (Phi) is 5.28. The van der Waals surface area contributed by atoms with Crippen molar-refractivity contribution in [3.8, 4) is 0 Å². The molecular formula is C24H25N5OS. The van der Waals surface area contributed by atoms with Gasteiger partial charge in [-0.2, -0.15) is 5.10 Å². The molecule has 31 heavy (non-hydrogen) atoms. The monoisotopic (exact) mass is 431 g/mol. The average Bonchev–Trinajstić information content (AvgIpc) is 3.38. The highest BCUT2D eigenvalue weighted by Gasteiger charge is 2.28. The highest BCUT2D eigenvalue weighted by Crippen LogP contribution is 2.29. The number of fused-ring (bicyclic) bond motifs is 1. The van der Waals surface area contributed by atoms with Crippen LogP contribution in [0.2, 0.25) is 0 Å². The van der Waals surface area contributed by atoms with E-state index in [9.17, 15) is 4.79 Å². The van der Waals surface area contributed by atoms with Gasteiger partial charge in [0.15, 0.2) is 5.65 Å². The molecule has 1 aromatic carbocycles. The van der Waals surface area contributed by atoms with Crippen LogP contribution in [0, 0.1) is 6.92 Å². The summed E-state index contributed by atoms with van der Waals surface area (Å²) in [5.74, 6) is 0.262. The number of aromatic nitrogens is 4. The number of thiazole rings is 1. The van der Waals surface area contributed by atoms with Crippen molar-refractivity contribution >= 4 is 28.3 Å². The van der Waals surface area contributed by atoms with Gasteiger partial charge in [0.1, 0.15) is 5.69 Å². The summed E-state index contributed by atoms with van der Waals surface area (Å²) < 4.78 is 1.84. The van der Waals surface area contributed by atoms with Crippen LogP contribution in [0.1, 0.15) is 51.2 Å². The fourth-order valence-corrected chi connectivity index (χ4v) is 5.17. The summed E-state index contributed by atoms with van der Waals surface area (Å²) in [5.41, 5.74) is 4.70. The van der Waals surface area contributed by atoms with Crippen LogP contribution in [-0.2, 0) is 13.5 Å². The van der Waals surface area contributed by atoms with Gasteiger partial charge in [0, 0.05) is 48.9 Å². The van der Waals surface area contributed by atoms with Crippen molar-refractivity contribution in [2.24, 2.45) is 7.05 Å². The molecular weight excluding hydrogens is 406 g/mol. The number of rotatable bonds is 4. The zero-order valence-electron chi connectivity index (χ0n) is 17.8. The maximum atomic E-state index is 13.1. The van der Waals surface area contributed by atoms with Gasteiger partial charge in [-0.3, -0.25) is 9.48 Å². The van der Waals surface area contributed by atoms with Crippen molar-refractivity contribution in [3.05, 3.63) is 75.5 Å². The lowest BCUT2D eigenvalue weighted by atomic mass is 9.94. The SMILES string of the molecule is Cc1nn(C)c2nc(C3CCCN(C(=O)c4csc(Cc5ccccc5)n4)C3)ccc12. The number of benzene rings is 1. The number of hydrogen-bond acceptors (Lipinski definition) is 5. The summed E-state index contributed by atoms with van der Waals surface area (Å²) in [6, 6.07) is 14.4. The van der Waals surface area contributed by atoms with Gasteiger partial charge in [0.2, 0.25) is 0 Å². The predicted molar refractivity (Wildman–Crippen MR) is 122 cm³/mol. The van der Waals surface area contributed by atoms with Crippen molar-refractivity contribution < 1.29 is 4.79 Å². The summed E-state index contributed by atoms with van der Waals surface area (Å²) in [7, 11) is 1.93. The van der Waals surface area contributed by atoms with Crippen LogP contribution in [-0.4, -0.2) is 43.6 Å². The molecule has 0 bridgehead atoms. The van der Waals surface area contributed by atoms with Crippen LogP contribution in [0.4, 0.5) is 0 Å². The highest BCUT2D eigenvalue weighted by molar-refractivity contribution is 7.09. The second kappa shape index (κ2) is 8.23. The van der Waals surface area contributed by atoms with Crippen molar-refractivity contribution in [3.63, 3.8) is 0 Å². The largest absolute Gasteiger partial charge is 0.337 e. The summed E-state index contributed by atoms with van der Waals surface area (Å²) >= 11 is 1.56. The van der Waals surface area contributed by atoms with E-state index in [1.54, 1.807) is 11.3 Å². The van der Waals surface area contributed by atoms with Gasteiger partial charge < -0.3 is 4.90 Å². The molecule has 0 aliphatic carbocycles. The molecule has 0 radical (unpaired) electrons. The first-order valence-electron chi connectivity index (χ1n) is 10.7. The molecule has 1 atom stereocenters. The van der Waals surface area contributed by atoms with Crippen LogP contribution >= 0.6 is 11.3 Å². The van der Waals surface area contributed by atoms with E-state index < -0.39 is 0 Å². The van der Waals surface area contributed by atoms with Crippen LogP contribution in [0.15, 0.2) is 47.8 Å². The van der Waals surface area contributed by atoms with Crippen LogP contribution in [0.5, 0.6) is 0 Å². The normalized spacial score (nSPS) is 16.7. The summed E-state index contributed by atoms with van der Waals surface area (Å²) in [6.07, 6.45) is 2.77. The van der Waals surface area contributed by atoms with Gasteiger partial charge in [-0.25, -0.2) is 9.97 Å². The molecule has 1 saturated heterocycles. The van der Waals surface area contributed by atoms with E-state index in [0.29, 0.717) is 12.2 Å². The number of nitrogens with zero attached hydrogens (tertiary/aromatic N) is 5. The highest BCUT2D eigenvalue weighted by atomic mass is 32.1. The van der Waals surface area contributed by atoms with Crippen LogP contribution in [0.3, 0.4) is 0 Å². The molecule has 0 saturated carbocycles. The van der Waals surface area contributed by atoms with Crippen molar-refractivity contribution in [2.45, 2.75) is 32.1 Å². The Morgan fingerprint density at radius 2 is 2.00 bits per heavy atom. The van der Waals surface area contributed by atoms with E-state index in [4.69, 9.17) is 4.98 Å². The second-order valence-corrected chi connectivity index (χ2v) is 9.14. The lowest BCUT2D eigenvalue weighted by Crippen LogP contribution is -2.39. The van der Waals surface area contributed by atoms with Crippen LogP contribution in [0.25, 0.3) is 11.0 Å². The summed E-state index contributed by atoms with van der Waals surface area (Å²) in [4.78, 5) is 24.6. The van der Waals surface area contributed by atoms with Crippen molar-refractivity contribution in [1.82, 2.24) is 24.6 Å². The Bertz CT molecular complexity index is 1230. The average molecular weight is 432 g/mol. The van der Waals surface area contributed by atoms with E-state index in [-0.39, 0.29) is 11.8 Å². The van der Waals surface area contributed by atoms with Gasteiger partial charge in [-0.1, -0.05) is 30.3 Å². The molecule has 1 fully saturated rings. The third-order valence-corrected chi connectivity index (χ3v) is 6.84. The predicted octanol–water partition coefficient (Wildman–Crippen LogP) is 4.34. The van der Waals surface area contributed by atoms with Crippen LogP contribution < -0.4 is 0 Å². The zero-order chi connectivity index (χ0) is 21.4. The van der Waals surface area contributed by atoms with Gasteiger partial charge in [0.25, 0.3) is 5.91 Å². The molecule has 0 N–H and O–H groups in total. The molecule has 1 aliphatic rings. The molecule has 5 rings (SSSR count). The first-order chi connectivity index (χ1) is 15.1. The Hall–Kier alpha value is -3.06. The molecule has 1 unspecified atom stereocenters. The van der Waals surface area contributed by atoms with E-state index in [1.165, 1.54) is 5.56 Å². The standard InChI is InChI=1S/C24H25N5OS/c1-16-19-10-11-20(26-23(19)28(2)27-16)18-9-6-12-29(14-18)24(30)21-15-31-22(25-21)13-17-7-4-3-5-8-17/h3-5,7-8,10-11,15,18H,6,9,12-14H2,1-2H3. The first-order valence-corrected chi connectivity index (χ1v) is 11.5. The number of carbonyl (C=O) groups is 1. The Labute approximate surface area is 185 Å². The first kappa shape index (κ1) is 19.9. The topological polar surface area (TPSA) is 63.9 Å². The zero-order valence-corrected chi connectivity index (χ0v) is 18.6. The molecule has 6 nitrogen and oxygen atoms in total. The molecule has 1 amide bonds. The molecule has 0 spiro atoms. The summed E-state index contributed by atoms with van der Waals surface area (Å²) in [5, 5.41) is 8.43. The number of pyridine rings is 1. The minimum Gasteiger partial charge on any atom is -0.337 e. The van der Waals surface area contributed by atoms with Gasteiger partial charge in [0.05, 0.1) is 10.7 Å². The number of hydrogen-bond donors (Lipinski definition) is 0. The molecule has 3 aromatic heterocycles. The van der Waals surface area contributed by atoms with Crippen molar-refractivity contribution in [1.29, 1.82) is 0 Å². The summed E-state index contributed by atoms with van der Waals surface area (Å²) in [6.45, 7) is 3.46. The minimum atomic E-state index is 0.0257. The maximum absolute atomic E-state index is 13.1. The van der Waals surface area contributed by atoms with E-state index >= 15 is 0 Å². The Morgan fingerprint density at radius 1 is 1.16 bits per heavy atom. The van der Waals surface area contributed by atoms with Crippen molar-refractivity contribution in [2.75, 3.05) is 13.1 Å². The van der Waals surface area contributed by atoms with E-state index in [0.717, 1.165) is 53.2 Å². The van der Waals surface area contributed by atoms with E-state index in [1.807, 2.05) is 47.1 Å². The number of piperidine rings is 1. The van der Waals surface area contributed by atoms with Gasteiger partial charge in [-0.05, 0) is 37.5 Å². The second-order valence-electron chi connectivity index (χ2n) is 8.20. The number of carbonyl (C=O) groups excluding carboxylic acids is 1.